The van der Waals surface area contributed by atoms with Gasteiger partial charge in [-0.05, 0) is 30.3 Å². The van der Waals surface area contributed by atoms with E-state index >= 15 is 0 Å². The minimum atomic E-state index is -4.71. The summed E-state index contributed by atoms with van der Waals surface area (Å²) in [4.78, 5) is 26.6. The fourth-order valence-electron chi connectivity index (χ4n) is 3.93. The van der Waals surface area contributed by atoms with E-state index in [4.69, 9.17) is 21.1 Å². The van der Waals surface area contributed by atoms with E-state index in [-0.39, 0.29) is 17.8 Å². The molecule has 10 heteroatoms. The van der Waals surface area contributed by atoms with Gasteiger partial charge in [0, 0.05) is 24.1 Å². The normalized spacial score (nSPS) is 17.4. The SMILES string of the molecule is O=C(CCl)Nc1cc(C(=O)N2CC3(CCOCC3)Oc3ccccc32)cc(C(F)(F)F)c1. The quantitative estimate of drug-likeness (QED) is 0.675. The van der Waals surface area contributed by atoms with Crippen molar-refractivity contribution in [1.82, 2.24) is 0 Å². The predicted octanol–water partition coefficient (Wildman–Crippen LogP) is 4.47. The molecule has 170 valence electrons. The number of nitrogens with one attached hydrogen (secondary N) is 1. The van der Waals surface area contributed by atoms with Gasteiger partial charge in [0.15, 0.2) is 0 Å². The van der Waals surface area contributed by atoms with Crippen LogP contribution in [0.1, 0.15) is 28.8 Å². The number of benzene rings is 2. The number of halogens is 4. The molecule has 6 nitrogen and oxygen atoms in total. The molecule has 0 bridgehead atoms. The summed E-state index contributed by atoms with van der Waals surface area (Å²) in [6.45, 7) is 1.09. The monoisotopic (exact) mass is 468 g/mol. The first-order valence-corrected chi connectivity index (χ1v) is 10.5. The van der Waals surface area contributed by atoms with E-state index in [1.165, 1.54) is 11.0 Å². The summed E-state index contributed by atoms with van der Waals surface area (Å²) in [5.41, 5.74) is -1.62. The number of anilines is 2. The molecule has 1 fully saturated rings. The number of carbonyl (C=O) groups is 2. The molecule has 1 N–H and O–H groups in total. The Morgan fingerprint density at radius 2 is 1.84 bits per heavy atom. The first kappa shape index (κ1) is 22.4. The lowest BCUT2D eigenvalue weighted by atomic mass is 9.91. The van der Waals surface area contributed by atoms with Crippen molar-refractivity contribution in [2.45, 2.75) is 24.6 Å². The van der Waals surface area contributed by atoms with Crippen LogP contribution in [0.3, 0.4) is 0 Å². The number of fused-ring (bicyclic) bond motifs is 1. The van der Waals surface area contributed by atoms with Gasteiger partial charge in [0.25, 0.3) is 5.91 Å². The zero-order chi connectivity index (χ0) is 22.9. The van der Waals surface area contributed by atoms with E-state index in [2.05, 4.69) is 5.32 Å². The van der Waals surface area contributed by atoms with Crippen LogP contribution < -0.4 is 15.0 Å². The summed E-state index contributed by atoms with van der Waals surface area (Å²) in [5, 5.41) is 2.30. The highest BCUT2D eigenvalue weighted by atomic mass is 35.5. The molecule has 4 rings (SSSR count). The fraction of sp³-hybridized carbons (Fsp3) is 0.364. The van der Waals surface area contributed by atoms with Crippen molar-refractivity contribution in [3.8, 4) is 5.75 Å². The van der Waals surface area contributed by atoms with Crippen LogP contribution >= 0.6 is 11.6 Å². The van der Waals surface area contributed by atoms with Crippen LogP contribution in [0.25, 0.3) is 0 Å². The maximum atomic E-state index is 13.5. The van der Waals surface area contributed by atoms with E-state index in [0.717, 1.165) is 12.1 Å². The van der Waals surface area contributed by atoms with Crippen LogP contribution in [0.4, 0.5) is 24.5 Å². The van der Waals surface area contributed by atoms with E-state index in [9.17, 15) is 22.8 Å². The largest absolute Gasteiger partial charge is 0.483 e. The molecule has 0 saturated carbocycles. The van der Waals surface area contributed by atoms with Gasteiger partial charge in [-0.25, -0.2) is 0 Å². The van der Waals surface area contributed by atoms with Gasteiger partial charge in [0.05, 0.1) is 31.0 Å². The molecule has 0 aromatic heterocycles. The average molecular weight is 469 g/mol. The van der Waals surface area contributed by atoms with Gasteiger partial charge in [-0.1, -0.05) is 12.1 Å². The molecular weight excluding hydrogens is 449 g/mol. The third-order valence-corrected chi connectivity index (χ3v) is 5.73. The number of hydrogen-bond donors (Lipinski definition) is 1. The molecule has 2 aromatic rings. The van der Waals surface area contributed by atoms with E-state index < -0.39 is 35.0 Å². The molecule has 2 amide bonds. The summed E-state index contributed by atoms with van der Waals surface area (Å²) in [7, 11) is 0. The molecule has 2 aliphatic heterocycles. The van der Waals surface area contributed by atoms with Crippen molar-refractivity contribution in [1.29, 1.82) is 0 Å². The third-order valence-electron chi connectivity index (χ3n) is 5.49. The molecule has 0 unspecified atom stereocenters. The van der Waals surface area contributed by atoms with Gasteiger partial charge >= 0.3 is 6.18 Å². The Bertz CT molecular complexity index is 1040. The Balaban J connectivity index is 1.75. The lowest BCUT2D eigenvalue weighted by molar-refractivity contribution is -0.137. The lowest BCUT2D eigenvalue weighted by Crippen LogP contribution is -2.55. The maximum absolute atomic E-state index is 13.5. The van der Waals surface area contributed by atoms with Gasteiger partial charge in [0.2, 0.25) is 5.91 Å². The zero-order valence-corrected chi connectivity index (χ0v) is 17.6. The molecule has 1 spiro atoms. The average Bonchev–Trinajstić information content (AvgIpc) is 2.77. The Labute approximate surface area is 187 Å². The van der Waals surface area contributed by atoms with Gasteiger partial charge in [-0.2, -0.15) is 13.2 Å². The first-order chi connectivity index (χ1) is 15.2. The highest BCUT2D eigenvalue weighted by molar-refractivity contribution is 6.29. The molecule has 0 atom stereocenters. The van der Waals surface area contributed by atoms with Crippen molar-refractivity contribution in [2.75, 3.05) is 35.9 Å². The Hall–Kier alpha value is -2.78. The zero-order valence-electron chi connectivity index (χ0n) is 16.9. The van der Waals surface area contributed by atoms with E-state index in [0.29, 0.717) is 37.5 Å². The molecular formula is C22H20ClF3N2O4. The van der Waals surface area contributed by atoms with Gasteiger partial charge in [0.1, 0.15) is 17.2 Å². The van der Waals surface area contributed by atoms with Crippen LogP contribution in [0.5, 0.6) is 5.75 Å². The van der Waals surface area contributed by atoms with Crippen molar-refractivity contribution in [2.24, 2.45) is 0 Å². The first-order valence-electron chi connectivity index (χ1n) is 9.97. The molecule has 2 aromatic carbocycles. The maximum Gasteiger partial charge on any atom is 0.416 e. The Kier molecular flexibility index (Phi) is 6.05. The highest BCUT2D eigenvalue weighted by Crippen LogP contribution is 2.42. The number of rotatable bonds is 3. The van der Waals surface area contributed by atoms with Crippen molar-refractivity contribution >= 4 is 34.8 Å². The van der Waals surface area contributed by atoms with Crippen LogP contribution in [0, 0.1) is 0 Å². The summed E-state index contributed by atoms with van der Waals surface area (Å²) in [5.74, 6) is -1.25. The molecule has 32 heavy (non-hydrogen) atoms. The topological polar surface area (TPSA) is 67.9 Å². The second-order valence-corrected chi connectivity index (χ2v) is 8.00. The van der Waals surface area contributed by atoms with Gasteiger partial charge in [-0.3, -0.25) is 9.59 Å². The minimum absolute atomic E-state index is 0.156. The summed E-state index contributed by atoms with van der Waals surface area (Å²) in [6, 6.07) is 9.68. The standard InChI is InChI=1S/C22H20ClF3N2O4/c23-12-19(29)27-16-10-14(9-15(11-16)22(24,25)26)20(30)28-13-21(5-7-31-8-6-21)32-18-4-2-1-3-17(18)28/h1-4,9-11H,5-8,12-13H2,(H,27,29). The van der Waals surface area contributed by atoms with Crippen LogP contribution in [-0.2, 0) is 15.7 Å². The van der Waals surface area contributed by atoms with Crippen LogP contribution in [0.2, 0.25) is 0 Å². The summed E-state index contributed by atoms with van der Waals surface area (Å²) >= 11 is 5.46. The van der Waals surface area contributed by atoms with Crippen molar-refractivity contribution in [3.05, 3.63) is 53.6 Å². The van der Waals surface area contributed by atoms with Crippen LogP contribution in [-0.4, -0.2) is 43.1 Å². The number of amides is 2. The summed E-state index contributed by atoms with van der Waals surface area (Å²) in [6.07, 6.45) is -3.61. The Morgan fingerprint density at radius 3 is 2.53 bits per heavy atom. The minimum Gasteiger partial charge on any atom is -0.483 e. The highest BCUT2D eigenvalue weighted by Gasteiger charge is 2.43. The fourth-order valence-corrected chi connectivity index (χ4v) is 3.99. The number of carbonyl (C=O) groups excluding carboxylic acids is 2. The second-order valence-electron chi connectivity index (χ2n) is 7.74. The van der Waals surface area contributed by atoms with E-state index in [1.54, 1.807) is 24.3 Å². The molecule has 0 aliphatic carbocycles. The van der Waals surface area contributed by atoms with Crippen molar-refractivity contribution < 1.29 is 32.2 Å². The third kappa shape index (κ3) is 4.54. The predicted molar refractivity (Wildman–Crippen MR) is 112 cm³/mol. The number of nitrogens with zero attached hydrogens (tertiary/aromatic N) is 1. The second kappa shape index (κ2) is 8.63. The lowest BCUT2D eigenvalue weighted by Gasteiger charge is -2.45. The summed E-state index contributed by atoms with van der Waals surface area (Å²) < 4.78 is 52.1. The molecule has 0 radical (unpaired) electrons. The molecule has 1 saturated heterocycles. The van der Waals surface area contributed by atoms with Gasteiger partial charge in [-0.15, -0.1) is 11.6 Å². The van der Waals surface area contributed by atoms with Gasteiger partial charge < -0.3 is 19.7 Å². The number of para-hydroxylation sites is 2. The Morgan fingerprint density at radius 1 is 1.12 bits per heavy atom. The van der Waals surface area contributed by atoms with E-state index in [1.807, 2.05) is 0 Å². The number of ether oxygens (including phenoxy) is 2. The molecule has 2 heterocycles. The smallest absolute Gasteiger partial charge is 0.416 e. The number of alkyl halides is 4. The number of hydrogen-bond acceptors (Lipinski definition) is 4. The molecule has 2 aliphatic rings. The van der Waals surface area contributed by atoms with Crippen molar-refractivity contribution in [3.63, 3.8) is 0 Å². The van der Waals surface area contributed by atoms with Crippen LogP contribution in [0.15, 0.2) is 42.5 Å².